The zero-order valence-electron chi connectivity index (χ0n) is 12.7. The molecule has 1 N–H and O–H groups in total. The van der Waals surface area contributed by atoms with Gasteiger partial charge in [0.05, 0.1) is 22.7 Å². The fourth-order valence-corrected chi connectivity index (χ4v) is 2.63. The summed E-state index contributed by atoms with van der Waals surface area (Å²) < 4.78 is 1.40. The van der Waals surface area contributed by atoms with Crippen molar-refractivity contribution in [3.05, 3.63) is 64.8 Å². The molecule has 0 saturated heterocycles. The number of benzene rings is 2. The van der Waals surface area contributed by atoms with Gasteiger partial charge in [-0.15, -0.1) is 0 Å². The smallest absolute Gasteiger partial charge is 0.257 e. The number of halogens is 1. The molecule has 0 aliphatic rings. The Morgan fingerprint density at radius 2 is 1.88 bits per heavy atom. The molecule has 0 radical (unpaired) electrons. The maximum absolute atomic E-state index is 12.6. The molecule has 0 fully saturated rings. The third-order valence-corrected chi connectivity index (χ3v) is 3.86. The van der Waals surface area contributed by atoms with Gasteiger partial charge < -0.3 is 5.32 Å². The van der Waals surface area contributed by atoms with Crippen LogP contribution < -0.4 is 5.32 Å². The maximum Gasteiger partial charge on any atom is 0.257 e. The number of rotatable bonds is 2. The number of hydrogen-bond donors (Lipinski definition) is 1. The van der Waals surface area contributed by atoms with Gasteiger partial charge >= 0.3 is 0 Å². The lowest BCUT2D eigenvalue weighted by atomic mass is 10.1. The standard InChI is InChI=1S/C18H12ClN3O2/c1-11(23)22-10-16(15-7-4-13(19)8-17(15)22)18(24)21-14-5-2-12(9-20)3-6-14/h2-8,10H,1H3,(H,21,24). The van der Waals surface area contributed by atoms with Crippen molar-refractivity contribution in [2.45, 2.75) is 6.92 Å². The highest BCUT2D eigenvalue weighted by atomic mass is 35.5. The van der Waals surface area contributed by atoms with Gasteiger partial charge in [0.15, 0.2) is 0 Å². The Bertz CT molecular complexity index is 998. The van der Waals surface area contributed by atoms with Gasteiger partial charge in [-0.2, -0.15) is 5.26 Å². The molecular weight excluding hydrogens is 326 g/mol. The van der Waals surface area contributed by atoms with E-state index in [1.54, 1.807) is 42.5 Å². The van der Waals surface area contributed by atoms with E-state index in [0.717, 1.165) is 0 Å². The molecular formula is C18H12ClN3O2. The molecule has 0 spiro atoms. The van der Waals surface area contributed by atoms with Crippen LogP contribution in [0.5, 0.6) is 0 Å². The van der Waals surface area contributed by atoms with E-state index in [1.165, 1.54) is 17.7 Å². The van der Waals surface area contributed by atoms with Gasteiger partial charge in [0.1, 0.15) is 0 Å². The maximum atomic E-state index is 12.6. The Hall–Kier alpha value is -3.10. The van der Waals surface area contributed by atoms with Crippen LogP contribution in [0.1, 0.15) is 27.6 Å². The average Bonchev–Trinajstić information content (AvgIpc) is 2.94. The lowest BCUT2D eigenvalue weighted by Gasteiger charge is -2.04. The minimum atomic E-state index is -0.341. The lowest BCUT2D eigenvalue weighted by molar-refractivity contribution is 0.0941. The van der Waals surface area contributed by atoms with Crippen LogP contribution in [0.15, 0.2) is 48.7 Å². The highest BCUT2D eigenvalue weighted by Crippen LogP contribution is 2.25. The van der Waals surface area contributed by atoms with Crippen molar-refractivity contribution in [1.82, 2.24) is 4.57 Å². The molecule has 0 bridgehead atoms. The predicted octanol–water partition coefficient (Wildman–Crippen LogP) is 4.08. The molecule has 1 amide bonds. The van der Waals surface area contributed by atoms with Crippen LogP contribution in [0.4, 0.5) is 5.69 Å². The van der Waals surface area contributed by atoms with Crippen molar-refractivity contribution in [3.8, 4) is 6.07 Å². The summed E-state index contributed by atoms with van der Waals surface area (Å²) in [4.78, 5) is 24.4. The first-order chi connectivity index (χ1) is 11.5. The highest BCUT2D eigenvalue weighted by molar-refractivity contribution is 6.31. The quantitative estimate of drug-likeness (QED) is 0.765. The van der Waals surface area contributed by atoms with Crippen LogP contribution in [-0.4, -0.2) is 16.4 Å². The Morgan fingerprint density at radius 1 is 1.17 bits per heavy atom. The van der Waals surface area contributed by atoms with E-state index in [4.69, 9.17) is 16.9 Å². The first-order valence-electron chi connectivity index (χ1n) is 7.12. The van der Waals surface area contributed by atoms with E-state index in [9.17, 15) is 9.59 Å². The SMILES string of the molecule is CC(=O)n1cc(C(=O)Nc2ccc(C#N)cc2)c2ccc(Cl)cc21. The molecule has 5 nitrogen and oxygen atoms in total. The molecule has 0 aliphatic heterocycles. The summed E-state index contributed by atoms with van der Waals surface area (Å²) in [6, 6.07) is 13.6. The second kappa shape index (κ2) is 6.19. The van der Waals surface area contributed by atoms with Gasteiger partial charge in [-0.05, 0) is 36.4 Å². The zero-order valence-corrected chi connectivity index (χ0v) is 13.5. The molecule has 3 aromatic rings. The van der Waals surface area contributed by atoms with Gasteiger partial charge in [-0.3, -0.25) is 14.2 Å². The van der Waals surface area contributed by atoms with Gasteiger partial charge in [0.25, 0.3) is 5.91 Å². The summed E-state index contributed by atoms with van der Waals surface area (Å²) in [6.07, 6.45) is 1.50. The Kier molecular flexibility index (Phi) is 4.07. The number of carbonyl (C=O) groups excluding carboxylic acids is 2. The number of anilines is 1. The molecule has 2 aromatic carbocycles. The average molecular weight is 338 g/mol. The zero-order chi connectivity index (χ0) is 17.3. The van der Waals surface area contributed by atoms with Crippen molar-refractivity contribution < 1.29 is 9.59 Å². The first kappa shape index (κ1) is 15.8. The van der Waals surface area contributed by atoms with Crippen molar-refractivity contribution in [2.24, 2.45) is 0 Å². The van der Waals surface area contributed by atoms with E-state index in [2.05, 4.69) is 5.32 Å². The molecule has 1 heterocycles. The number of nitriles is 1. The van der Waals surface area contributed by atoms with E-state index in [0.29, 0.717) is 32.7 Å². The summed E-state index contributed by atoms with van der Waals surface area (Å²) in [5, 5.41) is 12.7. The van der Waals surface area contributed by atoms with Gasteiger partial charge in [0, 0.05) is 29.2 Å². The first-order valence-corrected chi connectivity index (χ1v) is 7.50. The van der Waals surface area contributed by atoms with Gasteiger partial charge in [0.2, 0.25) is 5.91 Å². The Morgan fingerprint density at radius 3 is 2.50 bits per heavy atom. The molecule has 24 heavy (non-hydrogen) atoms. The van der Waals surface area contributed by atoms with Crippen LogP contribution in [0.2, 0.25) is 5.02 Å². The van der Waals surface area contributed by atoms with Crippen molar-refractivity contribution in [3.63, 3.8) is 0 Å². The minimum absolute atomic E-state index is 0.209. The summed E-state index contributed by atoms with van der Waals surface area (Å²) in [6.45, 7) is 1.42. The second-order valence-corrected chi connectivity index (χ2v) is 5.67. The van der Waals surface area contributed by atoms with E-state index < -0.39 is 0 Å². The van der Waals surface area contributed by atoms with Crippen molar-refractivity contribution >= 4 is 40.0 Å². The number of carbonyl (C=O) groups is 2. The van der Waals surface area contributed by atoms with E-state index in [1.807, 2.05) is 6.07 Å². The van der Waals surface area contributed by atoms with E-state index >= 15 is 0 Å². The molecule has 6 heteroatoms. The van der Waals surface area contributed by atoms with Crippen LogP contribution in [0.25, 0.3) is 10.9 Å². The summed E-state index contributed by atoms with van der Waals surface area (Å²) in [5.41, 5.74) is 2.04. The number of aromatic nitrogens is 1. The second-order valence-electron chi connectivity index (χ2n) is 5.24. The van der Waals surface area contributed by atoms with Crippen molar-refractivity contribution in [2.75, 3.05) is 5.32 Å². The Labute approximate surface area is 143 Å². The fraction of sp³-hybridized carbons (Fsp3) is 0.0556. The minimum Gasteiger partial charge on any atom is -0.322 e. The van der Waals surface area contributed by atoms with E-state index in [-0.39, 0.29) is 11.8 Å². The molecule has 3 rings (SSSR count). The molecule has 0 atom stereocenters. The third-order valence-electron chi connectivity index (χ3n) is 3.62. The van der Waals surface area contributed by atoms with Gasteiger partial charge in [-0.25, -0.2) is 0 Å². The predicted molar refractivity (Wildman–Crippen MR) is 92.4 cm³/mol. The monoisotopic (exact) mass is 337 g/mol. The van der Waals surface area contributed by atoms with Crippen LogP contribution >= 0.6 is 11.6 Å². The molecule has 1 aromatic heterocycles. The van der Waals surface area contributed by atoms with Crippen LogP contribution in [0.3, 0.4) is 0 Å². The molecule has 0 aliphatic carbocycles. The van der Waals surface area contributed by atoms with Gasteiger partial charge in [-0.1, -0.05) is 17.7 Å². The lowest BCUT2D eigenvalue weighted by Crippen LogP contribution is -2.11. The normalized spacial score (nSPS) is 10.4. The number of amides is 1. The molecule has 0 unspecified atom stereocenters. The van der Waals surface area contributed by atoms with Crippen molar-refractivity contribution in [1.29, 1.82) is 5.26 Å². The van der Waals surface area contributed by atoms with Crippen LogP contribution in [0, 0.1) is 11.3 Å². The number of fused-ring (bicyclic) bond motifs is 1. The number of hydrogen-bond acceptors (Lipinski definition) is 3. The Balaban J connectivity index is 2.00. The highest BCUT2D eigenvalue weighted by Gasteiger charge is 2.17. The summed E-state index contributed by atoms with van der Waals surface area (Å²) in [7, 11) is 0. The van der Waals surface area contributed by atoms with Crippen LogP contribution in [-0.2, 0) is 0 Å². The summed E-state index contributed by atoms with van der Waals surface area (Å²) >= 11 is 5.99. The number of nitrogens with zero attached hydrogens (tertiary/aromatic N) is 2. The molecule has 118 valence electrons. The largest absolute Gasteiger partial charge is 0.322 e. The topological polar surface area (TPSA) is 74.9 Å². The third kappa shape index (κ3) is 2.87. The fourth-order valence-electron chi connectivity index (χ4n) is 2.47. The summed E-state index contributed by atoms with van der Waals surface area (Å²) in [5.74, 6) is -0.549. The number of nitrogens with one attached hydrogen (secondary N) is 1. The molecule has 0 saturated carbocycles.